The molecular weight excluding hydrogens is 578 g/mol. The number of aromatic nitrogens is 4. The Kier molecular flexibility index (Phi) is 8.44. The molecule has 2 saturated heterocycles. The molecule has 9 nitrogen and oxygen atoms in total. The minimum Gasteiger partial charge on any atom is -0.473 e. The van der Waals surface area contributed by atoms with E-state index in [0.29, 0.717) is 24.0 Å². The topological polar surface area (TPSA) is 91.6 Å². The van der Waals surface area contributed by atoms with Crippen LogP contribution in [-0.4, -0.2) is 61.8 Å². The Morgan fingerprint density at radius 1 is 0.957 bits per heavy atom. The molecule has 0 unspecified atom stereocenters. The maximum atomic E-state index is 12.8. The van der Waals surface area contributed by atoms with Crippen LogP contribution >= 0.6 is 0 Å². The standard InChI is InChI=1S/C37H41N5O4/c1-37(2,3)46-36(43)26-12-13-32-33(21-26)42(22-28-16-20-44-28)34(39-32)23-41-18-14-25(15-19-41)30-9-5-11-35(40-30)45-24-27-7-4-10-31-29(27)8-6-17-38-31/h4-13,17,21,25,28H,14-16,18-20,22-24H2,1-3H3/t28-/m0/s1. The van der Waals surface area contributed by atoms with Gasteiger partial charge in [-0.3, -0.25) is 9.88 Å². The third-order valence-electron chi connectivity index (χ3n) is 8.87. The van der Waals surface area contributed by atoms with Crippen molar-refractivity contribution in [2.75, 3.05) is 19.7 Å². The summed E-state index contributed by atoms with van der Waals surface area (Å²) in [4.78, 5) is 29.7. The number of piperidine rings is 1. The van der Waals surface area contributed by atoms with Crippen LogP contribution < -0.4 is 4.74 Å². The van der Waals surface area contributed by atoms with Crippen LogP contribution in [0.1, 0.15) is 73.4 Å². The fraction of sp³-hybridized carbons (Fsp3) is 0.405. The Morgan fingerprint density at radius 3 is 2.57 bits per heavy atom. The lowest BCUT2D eigenvalue weighted by Crippen LogP contribution is -2.35. The number of ether oxygens (including phenoxy) is 3. The summed E-state index contributed by atoms with van der Waals surface area (Å²) in [7, 11) is 0. The quantitative estimate of drug-likeness (QED) is 0.169. The second-order valence-corrected chi connectivity index (χ2v) is 13.4. The van der Waals surface area contributed by atoms with Gasteiger partial charge in [-0.15, -0.1) is 0 Å². The number of rotatable bonds is 9. The molecule has 2 fully saturated rings. The number of carbonyl (C=O) groups is 1. The number of fused-ring (bicyclic) bond motifs is 2. The molecule has 238 valence electrons. The van der Waals surface area contributed by atoms with Crippen LogP contribution in [-0.2, 0) is 29.2 Å². The number of imidazole rings is 1. The average molecular weight is 620 g/mol. The molecule has 7 rings (SSSR count). The van der Waals surface area contributed by atoms with Gasteiger partial charge in [-0.05, 0) is 95.1 Å². The number of likely N-dealkylation sites (tertiary alicyclic amines) is 1. The Balaban J connectivity index is 1.02. The van der Waals surface area contributed by atoms with Gasteiger partial charge in [0.05, 0.1) is 41.3 Å². The number of hydrogen-bond donors (Lipinski definition) is 0. The van der Waals surface area contributed by atoms with E-state index < -0.39 is 5.60 Å². The molecule has 3 aromatic heterocycles. The highest BCUT2D eigenvalue weighted by molar-refractivity contribution is 5.94. The number of esters is 1. The summed E-state index contributed by atoms with van der Waals surface area (Å²) < 4.78 is 19.9. The predicted octanol–water partition coefficient (Wildman–Crippen LogP) is 6.68. The van der Waals surface area contributed by atoms with Crippen LogP contribution in [0.25, 0.3) is 21.9 Å². The number of carbonyl (C=O) groups excluding carboxylic acids is 1. The van der Waals surface area contributed by atoms with E-state index in [2.05, 4.69) is 32.7 Å². The summed E-state index contributed by atoms with van der Waals surface area (Å²) in [5, 5.41) is 1.10. The van der Waals surface area contributed by atoms with E-state index in [0.717, 1.165) is 91.1 Å². The normalized spacial score (nSPS) is 17.7. The van der Waals surface area contributed by atoms with Crippen LogP contribution in [0, 0.1) is 0 Å². The van der Waals surface area contributed by atoms with Gasteiger partial charge < -0.3 is 18.8 Å². The van der Waals surface area contributed by atoms with Crippen LogP contribution in [0.3, 0.4) is 0 Å². The van der Waals surface area contributed by atoms with Crippen molar-refractivity contribution in [1.29, 1.82) is 0 Å². The lowest BCUT2D eigenvalue weighted by molar-refractivity contribution is -0.0592. The van der Waals surface area contributed by atoms with Crippen molar-refractivity contribution in [3.63, 3.8) is 0 Å². The van der Waals surface area contributed by atoms with Crippen LogP contribution in [0.2, 0.25) is 0 Å². The van der Waals surface area contributed by atoms with Crippen molar-refractivity contribution < 1.29 is 19.0 Å². The van der Waals surface area contributed by atoms with Gasteiger partial charge in [0.1, 0.15) is 18.0 Å². The minimum absolute atomic E-state index is 0.171. The summed E-state index contributed by atoms with van der Waals surface area (Å²) in [6.07, 6.45) is 5.05. The van der Waals surface area contributed by atoms with E-state index in [1.165, 1.54) is 0 Å². The molecule has 2 aliphatic rings. The summed E-state index contributed by atoms with van der Waals surface area (Å²) in [6, 6.07) is 21.9. The van der Waals surface area contributed by atoms with Gasteiger partial charge in [0.2, 0.25) is 5.88 Å². The predicted molar refractivity (Wildman–Crippen MR) is 177 cm³/mol. The van der Waals surface area contributed by atoms with E-state index in [9.17, 15) is 4.79 Å². The van der Waals surface area contributed by atoms with Crippen molar-refractivity contribution in [3.05, 3.63) is 95.6 Å². The molecule has 2 aromatic carbocycles. The van der Waals surface area contributed by atoms with Crippen molar-refractivity contribution in [2.24, 2.45) is 0 Å². The lowest BCUT2D eigenvalue weighted by Gasteiger charge is -2.32. The third kappa shape index (κ3) is 6.76. The highest BCUT2D eigenvalue weighted by Crippen LogP contribution is 2.30. The van der Waals surface area contributed by atoms with E-state index in [1.54, 1.807) is 0 Å². The largest absolute Gasteiger partial charge is 0.473 e. The summed E-state index contributed by atoms with van der Waals surface area (Å²) in [5.41, 5.74) is 4.97. The van der Waals surface area contributed by atoms with Gasteiger partial charge in [0.15, 0.2) is 0 Å². The molecule has 46 heavy (non-hydrogen) atoms. The SMILES string of the molecule is CC(C)(C)OC(=O)c1ccc2nc(CN3CCC(c4cccc(OCc5cccc6ncccc56)n4)CC3)n(C[C@@H]3CCO3)c2c1. The summed E-state index contributed by atoms with van der Waals surface area (Å²) in [5.74, 6) is 1.71. The molecule has 0 saturated carbocycles. The van der Waals surface area contributed by atoms with E-state index in [1.807, 2.05) is 75.5 Å². The maximum Gasteiger partial charge on any atom is 0.338 e. The zero-order valence-corrected chi connectivity index (χ0v) is 26.8. The Labute approximate surface area is 269 Å². The number of benzene rings is 2. The Bertz CT molecular complexity index is 1850. The first-order valence-corrected chi connectivity index (χ1v) is 16.3. The second-order valence-electron chi connectivity index (χ2n) is 13.4. The number of hydrogen-bond acceptors (Lipinski definition) is 8. The van der Waals surface area contributed by atoms with Crippen LogP contribution in [0.15, 0.2) is 72.9 Å². The van der Waals surface area contributed by atoms with Crippen molar-refractivity contribution in [2.45, 2.75) is 77.4 Å². The first-order chi connectivity index (χ1) is 22.3. The molecule has 0 radical (unpaired) electrons. The van der Waals surface area contributed by atoms with Gasteiger partial charge in [-0.2, -0.15) is 0 Å². The van der Waals surface area contributed by atoms with E-state index in [4.69, 9.17) is 24.2 Å². The molecule has 0 bridgehead atoms. The molecule has 5 heterocycles. The van der Waals surface area contributed by atoms with Gasteiger partial charge in [-0.25, -0.2) is 14.8 Å². The van der Waals surface area contributed by atoms with E-state index in [-0.39, 0.29) is 12.1 Å². The highest BCUT2D eigenvalue weighted by Gasteiger charge is 2.27. The molecule has 0 N–H and O–H groups in total. The average Bonchev–Trinajstić information content (AvgIpc) is 3.37. The van der Waals surface area contributed by atoms with Crippen molar-refractivity contribution in [1.82, 2.24) is 24.4 Å². The summed E-state index contributed by atoms with van der Waals surface area (Å²) in [6.45, 7) is 10.3. The monoisotopic (exact) mass is 619 g/mol. The number of nitrogens with zero attached hydrogens (tertiary/aromatic N) is 5. The fourth-order valence-corrected chi connectivity index (χ4v) is 6.36. The zero-order valence-electron chi connectivity index (χ0n) is 26.8. The smallest absolute Gasteiger partial charge is 0.338 e. The molecule has 1 atom stereocenters. The van der Waals surface area contributed by atoms with E-state index >= 15 is 0 Å². The minimum atomic E-state index is -0.553. The van der Waals surface area contributed by atoms with Crippen molar-refractivity contribution >= 4 is 27.9 Å². The maximum absolute atomic E-state index is 12.8. The highest BCUT2D eigenvalue weighted by atomic mass is 16.6. The Hall–Kier alpha value is -4.34. The Morgan fingerprint density at radius 2 is 1.78 bits per heavy atom. The van der Waals surface area contributed by atoms with Crippen LogP contribution in [0.4, 0.5) is 0 Å². The first-order valence-electron chi connectivity index (χ1n) is 16.3. The lowest BCUT2D eigenvalue weighted by atomic mass is 9.93. The van der Waals surface area contributed by atoms with Gasteiger partial charge in [0.25, 0.3) is 0 Å². The fourth-order valence-electron chi connectivity index (χ4n) is 6.36. The summed E-state index contributed by atoms with van der Waals surface area (Å²) >= 11 is 0. The molecule has 2 aliphatic heterocycles. The van der Waals surface area contributed by atoms with Gasteiger partial charge in [0, 0.05) is 35.9 Å². The second kappa shape index (κ2) is 12.8. The number of pyridine rings is 2. The molecule has 0 spiro atoms. The van der Waals surface area contributed by atoms with Crippen LogP contribution in [0.5, 0.6) is 5.88 Å². The molecule has 0 amide bonds. The van der Waals surface area contributed by atoms with Crippen molar-refractivity contribution in [3.8, 4) is 5.88 Å². The molecular formula is C37H41N5O4. The zero-order chi connectivity index (χ0) is 31.7. The third-order valence-corrected chi connectivity index (χ3v) is 8.87. The molecule has 0 aliphatic carbocycles. The first kappa shape index (κ1) is 30.3. The van der Waals surface area contributed by atoms with Gasteiger partial charge in [-0.1, -0.05) is 24.3 Å². The molecule has 5 aromatic rings. The van der Waals surface area contributed by atoms with Gasteiger partial charge >= 0.3 is 5.97 Å². The molecule has 9 heteroatoms.